The quantitative estimate of drug-likeness (QED) is 0.470. The van der Waals surface area contributed by atoms with Gasteiger partial charge in [-0.3, -0.25) is 9.59 Å². The Kier molecular flexibility index (Phi) is 6.26. The third-order valence-electron chi connectivity index (χ3n) is 2.92. The molecule has 0 saturated heterocycles. The summed E-state index contributed by atoms with van der Waals surface area (Å²) in [6.45, 7) is -0.0714. The number of nitrogens with one attached hydrogen (secondary N) is 1. The van der Waals surface area contributed by atoms with Crippen molar-refractivity contribution in [3.63, 3.8) is 0 Å². The summed E-state index contributed by atoms with van der Waals surface area (Å²) in [5.41, 5.74) is -2.70. The molecule has 0 aliphatic rings. The Morgan fingerprint density at radius 1 is 1.22 bits per heavy atom. The molecule has 0 aliphatic carbocycles. The lowest BCUT2D eigenvalue weighted by atomic mass is 9.97. The van der Waals surface area contributed by atoms with Crippen molar-refractivity contribution >= 4 is 23.9 Å². The number of benzene rings is 1. The molecule has 0 fully saturated rings. The van der Waals surface area contributed by atoms with E-state index in [1.54, 1.807) is 0 Å². The average molecular weight is 333 g/mol. The molecular formula is C14H14F3NO5. The fraction of sp³-hybridized carbons (Fsp3) is 0.357. The Bertz CT molecular complexity index is 613. The van der Waals surface area contributed by atoms with Gasteiger partial charge in [-0.05, 0) is 12.1 Å². The lowest BCUT2D eigenvalue weighted by Crippen LogP contribution is -2.18. The lowest BCUT2D eigenvalue weighted by Gasteiger charge is -2.16. The van der Waals surface area contributed by atoms with Gasteiger partial charge in [0.05, 0.1) is 30.5 Å². The number of carbonyl (C=O) groups is 3. The van der Waals surface area contributed by atoms with E-state index in [9.17, 15) is 27.6 Å². The van der Waals surface area contributed by atoms with Crippen molar-refractivity contribution in [2.24, 2.45) is 0 Å². The summed E-state index contributed by atoms with van der Waals surface area (Å²) in [5, 5.41) is 2.00. The van der Waals surface area contributed by atoms with Crippen LogP contribution in [0.2, 0.25) is 0 Å². The zero-order valence-electron chi connectivity index (χ0n) is 12.3. The van der Waals surface area contributed by atoms with E-state index in [-0.39, 0.29) is 25.0 Å². The number of ether oxygens (including phenoxy) is 2. The molecule has 0 bridgehead atoms. The van der Waals surface area contributed by atoms with Crippen LogP contribution >= 0.6 is 0 Å². The average Bonchev–Trinajstić information content (AvgIpc) is 2.50. The molecule has 1 aromatic rings. The Balaban J connectivity index is 3.53. The molecule has 9 heteroatoms. The molecule has 0 heterocycles. The van der Waals surface area contributed by atoms with Crippen LogP contribution < -0.4 is 5.32 Å². The van der Waals surface area contributed by atoms with Gasteiger partial charge < -0.3 is 14.8 Å². The molecule has 1 aromatic carbocycles. The van der Waals surface area contributed by atoms with E-state index in [2.05, 4.69) is 9.47 Å². The predicted molar refractivity (Wildman–Crippen MR) is 73.3 cm³/mol. The van der Waals surface area contributed by atoms with Crippen LogP contribution in [0, 0.1) is 0 Å². The van der Waals surface area contributed by atoms with Crippen molar-refractivity contribution in [1.29, 1.82) is 0 Å². The number of hydrogen-bond acceptors (Lipinski definition) is 5. The van der Waals surface area contributed by atoms with Crippen molar-refractivity contribution in [3.8, 4) is 0 Å². The van der Waals surface area contributed by atoms with E-state index in [0.717, 1.165) is 13.2 Å². The van der Waals surface area contributed by atoms with E-state index in [0.29, 0.717) is 6.07 Å². The minimum absolute atomic E-state index is 0.0714. The van der Waals surface area contributed by atoms with Gasteiger partial charge in [0, 0.05) is 19.1 Å². The molecule has 1 rings (SSSR count). The molecule has 23 heavy (non-hydrogen) atoms. The molecular weight excluding hydrogens is 319 g/mol. The van der Waals surface area contributed by atoms with Crippen molar-refractivity contribution in [1.82, 2.24) is 0 Å². The van der Waals surface area contributed by atoms with E-state index < -0.39 is 34.7 Å². The van der Waals surface area contributed by atoms with Crippen molar-refractivity contribution in [2.45, 2.75) is 12.6 Å². The van der Waals surface area contributed by atoms with Gasteiger partial charge in [0.1, 0.15) is 0 Å². The number of carbonyl (C=O) groups excluding carboxylic acids is 3. The Hall–Kier alpha value is -2.42. The molecule has 0 saturated carbocycles. The summed E-state index contributed by atoms with van der Waals surface area (Å²) in [6.07, 6.45) is -5.01. The molecule has 6 nitrogen and oxygen atoms in total. The number of alkyl halides is 3. The van der Waals surface area contributed by atoms with Crippen molar-refractivity contribution in [3.05, 3.63) is 28.8 Å². The minimum atomic E-state index is -4.84. The third kappa shape index (κ3) is 4.52. The maximum atomic E-state index is 13.2. The molecule has 0 atom stereocenters. The zero-order valence-corrected chi connectivity index (χ0v) is 12.3. The Morgan fingerprint density at radius 2 is 1.87 bits per heavy atom. The first kappa shape index (κ1) is 18.6. The molecule has 0 aliphatic heterocycles. The fourth-order valence-electron chi connectivity index (χ4n) is 1.86. The molecule has 1 N–H and O–H groups in total. The van der Waals surface area contributed by atoms with Crippen molar-refractivity contribution in [2.75, 3.05) is 26.1 Å². The van der Waals surface area contributed by atoms with Gasteiger partial charge >= 0.3 is 12.1 Å². The van der Waals surface area contributed by atoms with Crippen LogP contribution in [-0.4, -0.2) is 39.0 Å². The van der Waals surface area contributed by atoms with Crippen LogP contribution in [0.4, 0.5) is 18.9 Å². The predicted octanol–water partition coefficient (Wildman–Crippen LogP) is 2.28. The van der Waals surface area contributed by atoms with Gasteiger partial charge in [-0.1, -0.05) is 0 Å². The second-order valence-corrected chi connectivity index (χ2v) is 4.36. The maximum absolute atomic E-state index is 13.2. The van der Waals surface area contributed by atoms with Gasteiger partial charge in [-0.15, -0.1) is 0 Å². The van der Waals surface area contributed by atoms with Gasteiger partial charge in [-0.25, -0.2) is 4.79 Å². The normalized spacial score (nSPS) is 11.0. The highest BCUT2D eigenvalue weighted by Crippen LogP contribution is 2.36. The highest BCUT2D eigenvalue weighted by molar-refractivity contribution is 6.04. The molecule has 0 unspecified atom stereocenters. The first-order valence-corrected chi connectivity index (χ1v) is 6.32. The second kappa shape index (κ2) is 7.73. The summed E-state index contributed by atoms with van der Waals surface area (Å²) < 4.78 is 48.6. The smallest absolute Gasteiger partial charge is 0.417 e. The maximum Gasteiger partial charge on any atom is 0.417 e. The highest BCUT2D eigenvalue weighted by Gasteiger charge is 2.36. The molecule has 0 radical (unpaired) electrons. The third-order valence-corrected chi connectivity index (χ3v) is 2.92. The molecule has 126 valence electrons. The van der Waals surface area contributed by atoms with Gasteiger partial charge in [-0.2, -0.15) is 13.2 Å². The Labute approximate surface area is 129 Å². The van der Waals surface area contributed by atoms with Crippen molar-refractivity contribution < 1.29 is 37.0 Å². The van der Waals surface area contributed by atoms with Gasteiger partial charge in [0.25, 0.3) is 0 Å². The first-order chi connectivity index (χ1) is 10.8. The topological polar surface area (TPSA) is 81.7 Å². The molecule has 0 aromatic heterocycles. The van der Waals surface area contributed by atoms with Crippen LogP contribution in [0.5, 0.6) is 0 Å². The number of esters is 1. The van der Waals surface area contributed by atoms with Crippen LogP contribution in [0.1, 0.15) is 32.7 Å². The van der Waals surface area contributed by atoms with Gasteiger partial charge in [0.15, 0.2) is 5.78 Å². The number of rotatable bonds is 7. The summed E-state index contributed by atoms with van der Waals surface area (Å²) in [5.74, 6) is -1.83. The molecule has 0 spiro atoms. The number of Topliss-reactive ketones (excluding diaryl/α,β-unsaturated/α-hetero) is 1. The van der Waals surface area contributed by atoms with E-state index in [4.69, 9.17) is 0 Å². The zero-order chi connectivity index (χ0) is 17.6. The van der Waals surface area contributed by atoms with Crippen LogP contribution in [0.25, 0.3) is 0 Å². The fourth-order valence-corrected chi connectivity index (χ4v) is 1.86. The van der Waals surface area contributed by atoms with E-state index >= 15 is 0 Å². The summed E-state index contributed by atoms with van der Waals surface area (Å²) in [6, 6.07) is 1.29. The number of anilines is 1. The van der Waals surface area contributed by atoms with E-state index in [1.807, 2.05) is 5.32 Å². The standard InChI is InChI=1S/C14H14F3NO5/c1-22-4-3-12(20)8-5-9(13(21)23-2)11(18-7-19)6-10(8)14(15,16)17/h5-7H,3-4H2,1-2H3,(H,18,19). The van der Waals surface area contributed by atoms with Crippen LogP contribution in [0.3, 0.4) is 0 Å². The van der Waals surface area contributed by atoms with E-state index in [1.165, 1.54) is 7.11 Å². The monoisotopic (exact) mass is 333 g/mol. The highest BCUT2D eigenvalue weighted by atomic mass is 19.4. The SMILES string of the molecule is COCCC(=O)c1cc(C(=O)OC)c(NC=O)cc1C(F)(F)F. The lowest BCUT2D eigenvalue weighted by molar-refractivity contribution is -0.137. The largest absolute Gasteiger partial charge is 0.465 e. The number of methoxy groups -OCH3 is 2. The van der Waals surface area contributed by atoms with Crippen LogP contribution in [0.15, 0.2) is 12.1 Å². The summed E-state index contributed by atoms with van der Waals surface area (Å²) in [7, 11) is 2.33. The Morgan fingerprint density at radius 3 is 2.35 bits per heavy atom. The number of halogens is 3. The minimum Gasteiger partial charge on any atom is -0.465 e. The number of ketones is 1. The van der Waals surface area contributed by atoms with Crippen LogP contribution in [-0.2, 0) is 20.4 Å². The summed E-state index contributed by atoms with van der Waals surface area (Å²) >= 11 is 0. The molecule has 1 amide bonds. The van der Waals surface area contributed by atoms with Gasteiger partial charge in [0.2, 0.25) is 6.41 Å². The first-order valence-electron chi connectivity index (χ1n) is 6.32. The second-order valence-electron chi connectivity index (χ2n) is 4.36. The number of amides is 1. The summed E-state index contributed by atoms with van der Waals surface area (Å²) in [4.78, 5) is 34.2. The number of hydrogen-bond donors (Lipinski definition) is 1.